The maximum Gasteiger partial charge on any atom is 0.249 e. The Labute approximate surface area is 237 Å². The molecule has 6 unspecified atom stereocenters. The molecule has 0 aromatic heterocycles. The van der Waals surface area contributed by atoms with Crippen molar-refractivity contribution in [1.82, 2.24) is 20.9 Å². The number of benzene rings is 2. The van der Waals surface area contributed by atoms with E-state index in [0.717, 1.165) is 12.0 Å². The molecular formula is C31H42N4O5. The molecule has 9 nitrogen and oxygen atoms in total. The first-order valence-corrected chi connectivity index (χ1v) is 13.8. The molecule has 0 aliphatic carbocycles. The normalized spacial score (nSPS) is 22.1. The van der Waals surface area contributed by atoms with Gasteiger partial charge in [0, 0.05) is 6.20 Å². The number of rotatable bonds is 8. The van der Waals surface area contributed by atoms with Crippen LogP contribution in [0.2, 0.25) is 0 Å². The van der Waals surface area contributed by atoms with Gasteiger partial charge in [0.05, 0.1) is 6.04 Å². The van der Waals surface area contributed by atoms with Gasteiger partial charge in [0.2, 0.25) is 17.7 Å². The molecule has 4 rings (SSSR count). The van der Waals surface area contributed by atoms with Gasteiger partial charge in [0.25, 0.3) is 0 Å². The minimum absolute atomic E-state index is 0.0211. The molecule has 3 amide bonds. The van der Waals surface area contributed by atoms with Gasteiger partial charge < -0.3 is 25.8 Å². The van der Waals surface area contributed by atoms with Gasteiger partial charge >= 0.3 is 0 Å². The summed E-state index contributed by atoms with van der Waals surface area (Å²) in [4.78, 5) is 42.8. The summed E-state index contributed by atoms with van der Waals surface area (Å²) < 4.78 is 6.32. The number of likely N-dealkylation sites (N-methyl/N-ethyl adjacent to an activating group) is 1. The van der Waals surface area contributed by atoms with E-state index in [0.29, 0.717) is 11.3 Å². The van der Waals surface area contributed by atoms with Crippen LogP contribution >= 0.6 is 0 Å². The van der Waals surface area contributed by atoms with Crippen molar-refractivity contribution >= 4 is 23.8 Å². The van der Waals surface area contributed by atoms with Crippen LogP contribution < -0.4 is 20.7 Å². The van der Waals surface area contributed by atoms with Crippen molar-refractivity contribution in [2.75, 3.05) is 14.1 Å². The molecule has 2 aliphatic rings. The number of nitrogens with zero attached hydrogens (tertiary/aromatic N) is 1. The van der Waals surface area contributed by atoms with Crippen molar-refractivity contribution in [2.45, 2.75) is 64.4 Å². The van der Waals surface area contributed by atoms with Crippen LogP contribution in [0.25, 0.3) is 6.08 Å². The summed E-state index contributed by atoms with van der Waals surface area (Å²) in [6, 6.07) is 12.9. The molecule has 2 aliphatic heterocycles. The van der Waals surface area contributed by atoms with E-state index in [4.69, 9.17) is 4.74 Å². The number of amides is 3. The Hall–Kier alpha value is -3.69. The Morgan fingerprint density at radius 2 is 1.68 bits per heavy atom. The monoisotopic (exact) mass is 550 g/mol. The number of aliphatic hydroxyl groups is 1. The fraction of sp³-hybridized carbons (Fsp3) is 0.452. The van der Waals surface area contributed by atoms with Gasteiger partial charge in [-0.15, -0.1) is 0 Å². The quantitative estimate of drug-likeness (QED) is 0.401. The summed E-state index contributed by atoms with van der Waals surface area (Å²) >= 11 is 0. The van der Waals surface area contributed by atoms with Gasteiger partial charge in [-0.3, -0.25) is 19.3 Å². The van der Waals surface area contributed by atoms with Crippen molar-refractivity contribution in [1.29, 1.82) is 0 Å². The molecule has 4 N–H and O–H groups in total. The maximum absolute atomic E-state index is 14.0. The molecular weight excluding hydrogens is 508 g/mol. The van der Waals surface area contributed by atoms with Gasteiger partial charge in [-0.1, -0.05) is 76.6 Å². The van der Waals surface area contributed by atoms with Crippen LogP contribution in [0.3, 0.4) is 0 Å². The highest BCUT2D eigenvalue weighted by Gasteiger charge is 2.40. The predicted octanol–water partition coefficient (Wildman–Crippen LogP) is 2.87. The van der Waals surface area contributed by atoms with Crippen LogP contribution in [-0.2, 0) is 14.4 Å². The summed E-state index contributed by atoms with van der Waals surface area (Å²) in [6.45, 7) is 7.80. The molecule has 0 spiro atoms. The Bertz CT molecular complexity index is 1170. The van der Waals surface area contributed by atoms with E-state index in [1.165, 1.54) is 6.20 Å². The third kappa shape index (κ3) is 7.70. The zero-order valence-electron chi connectivity index (χ0n) is 24.1. The summed E-state index contributed by atoms with van der Waals surface area (Å²) in [5, 5.41) is 19.5. The molecule has 216 valence electrons. The van der Waals surface area contributed by atoms with Crippen LogP contribution in [0, 0.1) is 11.8 Å². The van der Waals surface area contributed by atoms with Crippen LogP contribution in [0.15, 0.2) is 60.8 Å². The van der Waals surface area contributed by atoms with Crippen molar-refractivity contribution < 1.29 is 24.2 Å². The number of nitrogens with one attached hydrogen (secondary N) is 3. The van der Waals surface area contributed by atoms with Gasteiger partial charge in [0.1, 0.15) is 30.0 Å². The first kappa shape index (κ1) is 30.8. The van der Waals surface area contributed by atoms with Crippen LogP contribution in [-0.4, -0.2) is 66.1 Å². The molecule has 0 radical (unpaired) electrons. The summed E-state index contributed by atoms with van der Waals surface area (Å²) in [7, 11) is 3.65. The second-order valence-electron chi connectivity index (χ2n) is 10.9. The van der Waals surface area contributed by atoms with Crippen LogP contribution in [0.5, 0.6) is 5.75 Å². The fourth-order valence-corrected chi connectivity index (χ4v) is 4.85. The molecule has 40 heavy (non-hydrogen) atoms. The first-order chi connectivity index (χ1) is 19.0. The number of fused-ring (bicyclic) bond motifs is 10. The Kier molecular flexibility index (Phi) is 10.9. The number of hydrogen-bond donors (Lipinski definition) is 4. The summed E-state index contributed by atoms with van der Waals surface area (Å²) in [6.07, 6.45) is 1.83. The van der Waals surface area contributed by atoms with E-state index in [1.807, 2.05) is 58.8 Å². The van der Waals surface area contributed by atoms with Gasteiger partial charge in [-0.25, -0.2) is 0 Å². The van der Waals surface area contributed by atoms with Gasteiger partial charge in [0.15, 0.2) is 0 Å². The highest BCUT2D eigenvalue weighted by atomic mass is 16.5. The lowest BCUT2D eigenvalue weighted by Gasteiger charge is -2.35. The molecule has 2 heterocycles. The number of carbonyl (C=O) groups is 3. The lowest BCUT2D eigenvalue weighted by molar-refractivity contribution is -0.138. The molecule has 2 aromatic carbocycles. The topological polar surface area (TPSA) is 120 Å². The maximum atomic E-state index is 14.0. The SMILES string of the molecule is CCC(C)C(C(=O)NC1C(=O)NC(C(O)c2ccccc2)C(=O)NC=Cc2ccc(cc2)OC1C(C)C)N(C)C. The average molecular weight is 551 g/mol. The Morgan fingerprint density at radius 3 is 2.25 bits per heavy atom. The summed E-state index contributed by atoms with van der Waals surface area (Å²) in [5.41, 5.74) is 1.28. The molecule has 2 aromatic rings. The van der Waals surface area contributed by atoms with E-state index in [2.05, 4.69) is 16.0 Å². The second kappa shape index (κ2) is 14.1. The van der Waals surface area contributed by atoms with Crippen molar-refractivity contribution in [3.05, 3.63) is 71.9 Å². The lowest BCUT2D eigenvalue weighted by atomic mass is 9.94. The zero-order valence-corrected chi connectivity index (χ0v) is 24.1. The van der Waals surface area contributed by atoms with Crippen LogP contribution in [0.4, 0.5) is 0 Å². The van der Waals surface area contributed by atoms with Crippen molar-refractivity contribution in [3.63, 3.8) is 0 Å². The number of carbonyl (C=O) groups excluding carboxylic acids is 3. The molecule has 0 saturated heterocycles. The largest absolute Gasteiger partial charge is 0.487 e. The number of aliphatic hydroxyl groups excluding tert-OH is 1. The standard InChI is InChI=1S/C31H42N4O5/c1-7-20(4)26(35(5)6)31(39)34-25-28(19(2)3)40-23-15-13-21(14-16-23)17-18-32-29(37)24(33-30(25)38)27(36)22-11-9-8-10-12-22/h8-20,24-28,36H,7H2,1-6H3,(H,32,37)(H,33,38)(H,34,39). The van der Waals surface area contributed by atoms with Crippen molar-refractivity contribution in [3.8, 4) is 5.75 Å². The molecule has 0 saturated carbocycles. The van der Waals surface area contributed by atoms with Gasteiger partial charge in [-0.2, -0.15) is 0 Å². The molecule has 9 heteroatoms. The van der Waals surface area contributed by atoms with E-state index in [-0.39, 0.29) is 17.7 Å². The fourth-order valence-electron chi connectivity index (χ4n) is 4.85. The molecule has 2 bridgehead atoms. The zero-order chi connectivity index (χ0) is 29.4. The van der Waals surface area contributed by atoms with E-state index < -0.39 is 42.1 Å². The minimum Gasteiger partial charge on any atom is -0.487 e. The van der Waals surface area contributed by atoms with Gasteiger partial charge in [-0.05, 0) is 55.3 Å². The van der Waals surface area contributed by atoms with E-state index in [9.17, 15) is 19.5 Å². The second-order valence-corrected chi connectivity index (χ2v) is 10.9. The molecule has 0 fully saturated rings. The molecule has 6 atom stereocenters. The number of ether oxygens (including phenoxy) is 1. The van der Waals surface area contributed by atoms with E-state index in [1.54, 1.807) is 48.5 Å². The Morgan fingerprint density at radius 1 is 1.02 bits per heavy atom. The summed E-state index contributed by atoms with van der Waals surface area (Å²) in [5.74, 6) is -1.20. The third-order valence-corrected chi connectivity index (χ3v) is 7.26. The highest BCUT2D eigenvalue weighted by molar-refractivity contribution is 5.94. The van der Waals surface area contributed by atoms with Crippen LogP contribution in [0.1, 0.15) is 51.3 Å². The smallest absolute Gasteiger partial charge is 0.249 e. The lowest BCUT2D eigenvalue weighted by Crippen LogP contribution is -2.62. The third-order valence-electron chi connectivity index (χ3n) is 7.26. The van der Waals surface area contributed by atoms with E-state index >= 15 is 0 Å². The first-order valence-electron chi connectivity index (χ1n) is 13.8. The highest BCUT2D eigenvalue weighted by Crippen LogP contribution is 2.23. The minimum atomic E-state index is -1.34. The van der Waals surface area contributed by atoms with Crippen molar-refractivity contribution in [2.24, 2.45) is 11.8 Å². The number of hydrogen-bond acceptors (Lipinski definition) is 6. The predicted molar refractivity (Wildman–Crippen MR) is 155 cm³/mol. The Balaban J connectivity index is 2.07. The average Bonchev–Trinajstić information content (AvgIpc) is 2.93.